The summed E-state index contributed by atoms with van der Waals surface area (Å²) in [4.78, 5) is 15.2. The van der Waals surface area contributed by atoms with Crippen molar-refractivity contribution >= 4 is 35.2 Å². The highest BCUT2D eigenvalue weighted by atomic mass is 35.5. The molecule has 3 rings (SSSR count). The maximum absolute atomic E-state index is 12.3. The molecule has 0 spiro atoms. The summed E-state index contributed by atoms with van der Waals surface area (Å²) in [6, 6.07) is 15.7. The molecule has 2 aromatic carbocycles. The van der Waals surface area contributed by atoms with E-state index in [1.807, 2.05) is 12.1 Å². The molecule has 3 N–H and O–H groups in total. The maximum Gasteiger partial charge on any atom is 0.275 e. The second-order valence-electron chi connectivity index (χ2n) is 7.21. The zero-order chi connectivity index (χ0) is 19.8. The fourth-order valence-electron chi connectivity index (χ4n) is 3.41. The quantitative estimate of drug-likeness (QED) is 0.617. The van der Waals surface area contributed by atoms with E-state index in [1.54, 1.807) is 17.0 Å². The van der Waals surface area contributed by atoms with Crippen LogP contribution in [0.3, 0.4) is 0 Å². The van der Waals surface area contributed by atoms with Crippen LogP contribution in [0.1, 0.15) is 11.1 Å². The lowest BCUT2D eigenvalue weighted by Gasteiger charge is -2.28. The summed E-state index contributed by atoms with van der Waals surface area (Å²) in [7, 11) is 0. The van der Waals surface area contributed by atoms with Gasteiger partial charge in [-0.1, -0.05) is 65.7 Å². The molecule has 0 saturated carbocycles. The minimum absolute atomic E-state index is 0.0634. The van der Waals surface area contributed by atoms with E-state index in [9.17, 15) is 4.79 Å². The molecule has 0 radical (unpaired) electrons. The largest absolute Gasteiger partial charge is 0.347 e. The first kappa shape index (κ1) is 20.9. The van der Waals surface area contributed by atoms with E-state index in [0.29, 0.717) is 23.1 Å². The molecule has 0 aliphatic carbocycles. The third-order valence-corrected chi connectivity index (χ3v) is 5.67. The van der Waals surface area contributed by atoms with Gasteiger partial charge in [0, 0.05) is 16.6 Å². The summed E-state index contributed by atoms with van der Waals surface area (Å²) in [6.45, 7) is 6.19. The van der Waals surface area contributed by atoms with Gasteiger partial charge in [-0.25, -0.2) is 0 Å². The van der Waals surface area contributed by atoms with E-state index in [2.05, 4.69) is 41.7 Å². The zero-order valence-corrected chi connectivity index (χ0v) is 17.4. The number of halogens is 2. The number of hydrogen-bond donors (Lipinski definition) is 3. The number of rotatable bonds is 7. The van der Waals surface area contributed by atoms with Gasteiger partial charge in [0.2, 0.25) is 0 Å². The smallest absolute Gasteiger partial charge is 0.275 e. The average molecular weight is 420 g/mol. The summed E-state index contributed by atoms with van der Waals surface area (Å²) < 4.78 is 0. The van der Waals surface area contributed by atoms with Crippen molar-refractivity contribution in [1.82, 2.24) is 5.32 Å². The van der Waals surface area contributed by atoms with Gasteiger partial charge in [0.25, 0.3) is 5.91 Å². The van der Waals surface area contributed by atoms with Gasteiger partial charge >= 0.3 is 0 Å². The van der Waals surface area contributed by atoms with Gasteiger partial charge in [-0.3, -0.25) is 4.79 Å². The predicted molar refractivity (Wildman–Crippen MR) is 115 cm³/mol. The number of carbonyl (C=O) groups is 1. The van der Waals surface area contributed by atoms with E-state index in [4.69, 9.17) is 23.2 Å². The molecule has 1 aliphatic heterocycles. The van der Waals surface area contributed by atoms with Crippen molar-refractivity contribution < 1.29 is 14.6 Å². The van der Waals surface area contributed by atoms with Gasteiger partial charge in [0.15, 0.2) is 6.54 Å². The minimum Gasteiger partial charge on any atom is -0.347 e. The number of quaternary nitrogens is 2. The van der Waals surface area contributed by atoms with Crippen LogP contribution >= 0.6 is 23.2 Å². The topological polar surface area (TPSA) is 38.0 Å². The number of piperazine rings is 1. The molecule has 0 unspecified atom stereocenters. The molecule has 0 atom stereocenters. The summed E-state index contributed by atoms with van der Waals surface area (Å²) in [5.41, 5.74) is 2.12. The number of amides is 1. The van der Waals surface area contributed by atoms with Crippen LogP contribution in [-0.4, -0.2) is 45.2 Å². The van der Waals surface area contributed by atoms with E-state index >= 15 is 0 Å². The molecule has 6 heteroatoms. The molecule has 0 bridgehead atoms. The Bertz CT molecular complexity index is 803. The lowest BCUT2D eigenvalue weighted by Crippen LogP contribution is -3.28. The Labute approximate surface area is 176 Å². The van der Waals surface area contributed by atoms with Crippen molar-refractivity contribution in [2.45, 2.75) is 6.54 Å². The summed E-state index contributed by atoms with van der Waals surface area (Å²) in [6.07, 6.45) is 4.43. The molecule has 1 amide bonds. The zero-order valence-electron chi connectivity index (χ0n) is 15.9. The van der Waals surface area contributed by atoms with Gasteiger partial charge in [-0.2, -0.15) is 0 Å². The third-order valence-electron chi connectivity index (χ3n) is 5.08. The van der Waals surface area contributed by atoms with Crippen molar-refractivity contribution in [1.29, 1.82) is 0 Å². The first-order valence-corrected chi connectivity index (χ1v) is 10.4. The highest BCUT2D eigenvalue weighted by molar-refractivity contribution is 6.35. The fraction of sp³-hybridized carbons (Fsp3) is 0.318. The van der Waals surface area contributed by atoms with Crippen LogP contribution in [-0.2, 0) is 11.3 Å². The Kier molecular flexibility index (Phi) is 7.92. The lowest BCUT2D eigenvalue weighted by atomic mass is 10.2. The second kappa shape index (κ2) is 10.6. The average Bonchev–Trinajstić information content (AvgIpc) is 2.69. The maximum atomic E-state index is 12.3. The molecule has 148 valence electrons. The molecular weight excluding hydrogens is 393 g/mol. The fourth-order valence-corrected chi connectivity index (χ4v) is 3.89. The third kappa shape index (κ3) is 6.64. The molecule has 1 aliphatic rings. The Morgan fingerprint density at radius 2 is 1.71 bits per heavy atom. The van der Waals surface area contributed by atoms with Crippen LogP contribution in [0.15, 0.2) is 54.6 Å². The first-order valence-electron chi connectivity index (χ1n) is 9.69. The van der Waals surface area contributed by atoms with Crippen molar-refractivity contribution in [3.63, 3.8) is 0 Å². The Balaban J connectivity index is 1.35. The molecule has 1 fully saturated rings. The minimum atomic E-state index is 0.0634. The van der Waals surface area contributed by atoms with Crippen molar-refractivity contribution in [3.05, 3.63) is 75.8 Å². The number of carbonyl (C=O) groups excluding carboxylic acids is 1. The molecule has 2 aromatic rings. The van der Waals surface area contributed by atoms with E-state index in [0.717, 1.165) is 38.3 Å². The highest BCUT2D eigenvalue weighted by Crippen LogP contribution is 2.20. The van der Waals surface area contributed by atoms with Gasteiger partial charge in [-0.15, -0.1) is 0 Å². The molecule has 4 nitrogen and oxygen atoms in total. The van der Waals surface area contributed by atoms with E-state index in [1.165, 1.54) is 10.5 Å². The Hall–Kier alpha value is -1.85. The summed E-state index contributed by atoms with van der Waals surface area (Å²) in [5, 5.41) is 4.15. The summed E-state index contributed by atoms with van der Waals surface area (Å²) >= 11 is 12.1. The number of hydrogen-bond acceptors (Lipinski definition) is 1. The van der Waals surface area contributed by atoms with Crippen molar-refractivity contribution in [2.24, 2.45) is 0 Å². The van der Waals surface area contributed by atoms with Crippen molar-refractivity contribution in [2.75, 3.05) is 39.3 Å². The predicted octanol–water partition coefficient (Wildman–Crippen LogP) is 1.11. The standard InChI is InChI=1S/C22H25Cl2N3O/c23-20-9-8-19(21(24)15-20)16-25-22(28)17-27-13-11-26(12-14-27)10-4-7-18-5-2-1-3-6-18/h1-9,15H,10-14,16-17H2,(H,25,28)/p+2/b7-4+. The van der Waals surface area contributed by atoms with Crippen LogP contribution in [0.5, 0.6) is 0 Å². The van der Waals surface area contributed by atoms with E-state index < -0.39 is 0 Å². The van der Waals surface area contributed by atoms with Gasteiger partial charge in [0.1, 0.15) is 26.2 Å². The van der Waals surface area contributed by atoms with Crippen LogP contribution in [0.2, 0.25) is 10.0 Å². The molecule has 1 heterocycles. The Morgan fingerprint density at radius 3 is 2.43 bits per heavy atom. The second-order valence-corrected chi connectivity index (χ2v) is 8.05. The van der Waals surface area contributed by atoms with Crippen LogP contribution in [0.4, 0.5) is 0 Å². The molecule has 0 aromatic heterocycles. The lowest BCUT2D eigenvalue weighted by molar-refractivity contribution is -1.01. The number of benzene rings is 2. The van der Waals surface area contributed by atoms with Crippen LogP contribution < -0.4 is 15.1 Å². The molecule has 1 saturated heterocycles. The normalized spacial score (nSPS) is 19.6. The van der Waals surface area contributed by atoms with Crippen molar-refractivity contribution in [3.8, 4) is 0 Å². The molecule has 28 heavy (non-hydrogen) atoms. The molecular formula is C22H27Cl2N3O+2. The van der Waals surface area contributed by atoms with Crippen LogP contribution in [0.25, 0.3) is 6.08 Å². The van der Waals surface area contributed by atoms with Gasteiger partial charge in [0.05, 0.1) is 6.54 Å². The Morgan fingerprint density at radius 1 is 1.00 bits per heavy atom. The van der Waals surface area contributed by atoms with E-state index in [-0.39, 0.29) is 5.91 Å². The summed E-state index contributed by atoms with van der Waals surface area (Å²) in [5.74, 6) is 0.0634. The van der Waals surface area contributed by atoms with Gasteiger partial charge in [-0.05, 0) is 29.3 Å². The SMILES string of the molecule is O=C(C[NH+]1CC[NH+](C/C=C/c2ccccc2)CC1)NCc1ccc(Cl)cc1Cl. The van der Waals surface area contributed by atoms with Gasteiger partial charge < -0.3 is 15.1 Å². The monoisotopic (exact) mass is 419 g/mol. The number of nitrogens with one attached hydrogen (secondary N) is 3. The highest BCUT2D eigenvalue weighted by Gasteiger charge is 2.23. The van der Waals surface area contributed by atoms with Crippen LogP contribution in [0, 0.1) is 0 Å². The first-order chi connectivity index (χ1) is 13.6.